The highest BCUT2D eigenvalue weighted by Gasteiger charge is 2.27. The van der Waals surface area contributed by atoms with Gasteiger partial charge in [0.25, 0.3) is 0 Å². The van der Waals surface area contributed by atoms with Crippen LogP contribution < -0.4 is 0 Å². The predicted molar refractivity (Wildman–Crippen MR) is 78.0 cm³/mol. The van der Waals surface area contributed by atoms with Crippen LogP contribution in [0.4, 0.5) is 0 Å². The van der Waals surface area contributed by atoms with E-state index in [9.17, 15) is 0 Å². The molecule has 1 aromatic rings. The Labute approximate surface area is 114 Å². The van der Waals surface area contributed by atoms with Crippen molar-refractivity contribution in [2.75, 3.05) is 24.6 Å². The van der Waals surface area contributed by atoms with Crippen LogP contribution in [0.3, 0.4) is 0 Å². The Bertz CT molecular complexity index is 354. The number of likely N-dealkylation sites (tertiary alicyclic amines) is 1. The first-order valence-electron chi connectivity index (χ1n) is 7.12. The maximum absolute atomic E-state index is 4.21. The summed E-state index contributed by atoms with van der Waals surface area (Å²) in [4.78, 5) is 6.95. The molecule has 0 aromatic carbocycles. The Hall–Kier alpha value is -0.540. The third kappa shape index (κ3) is 3.07. The van der Waals surface area contributed by atoms with Crippen molar-refractivity contribution in [3.05, 3.63) is 30.1 Å². The van der Waals surface area contributed by atoms with Crippen molar-refractivity contribution in [2.45, 2.75) is 31.7 Å². The molecule has 3 rings (SSSR count). The molecule has 0 radical (unpaired) electrons. The van der Waals surface area contributed by atoms with Crippen LogP contribution >= 0.6 is 11.8 Å². The summed E-state index contributed by atoms with van der Waals surface area (Å²) >= 11 is 2.13. The second-order valence-corrected chi connectivity index (χ2v) is 6.71. The summed E-state index contributed by atoms with van der Waals surface area (Å²) in [6.45, 7) is 2.63. The zero-order valence-corrected chi connectivity index (χ0v) is 11.7. The van der Waals surface area contributed by atoms with Gasteiger partial charge >= 0.3 is 0 Å². The maximum atomic E-state index is 4.21. The number of rotatable bonds is 3. The molecule has 3 heterocycles. The molecule has 2 fully saturated rings. The Balaban J connectivity index is 1.48. The maximum Gasteiger partial charge on any atom is 0.0299 e. The third-order valence-corrected chi connectivity index (χ3v) is 5.46. The lowest BCUT2D eigenvalue weighted by molar-refractivity contribution is 0.143. The highest BCUT2D eigenvalue weighted by Crippen LogP contribution is 2.28. The number of hydrogen-bond donors (Lipinski definition) is 0. The zero-order chi connectivity index (χ0) is 12.2. The quantitative estimate of drug-likeness (QED) is 0.833. The Morgan fingerprint density at radius 3 is 2.83 bits per heavy atom. The fraction of sp³-hybridized carbons (Fsp3) is 0.667. The van der Waals surface area contributed by atoms with Crippen molar-refractivity contribution in [3.8, 4) is 0 Å². The van der Waals surface area contributed by atoms with Gasteiger partial charge in [-0.15, -0.1) is 0 Å². The smallest absolute Gasteiger partial charge is 0.0299 e. The van der Waals surface area contributed by atoms with Gasteiger partial charge in [0.15, 0.2) is 0 Å². The van der Waals surface area contributed by atoms with Gasteiger partial charge < -0.3 is 0 Å². The summed E-state index contributed by atoms with van der Waals surface area (Å²) in [5.41, 5.74) is 1.41. The lowest BCUT2D eigenvalue weighted by atomic mass is 9.90. The SMILES string of the molecule is c1cncc(CC2CCN([C@@H]3CCSC3)CC2)c1. The highest BCUT2D eigenvalue weighted by atomic mass is 32.2. The van der Waals surface area contributed by atoms with Crippen LogP contribution in [0.25, 0.3) is 0 Å². The van der Waals surface area contributed by atoms with E-state index in [1.165, 1.54) is 55.8 Å². The molecule has 1 aromatic heterocycles. The minimum absolute atomic E-state index is 0.875. The Morgan fingerprint density at radius 1 is 1.28 bits per heavy atom. The van der Waals surface area contributed by atoms with Crippen molar-refractivity contribution < 1.29 is 0 Å². The van der Waals surface area contributed by atoms with Crippen LogP contribution in [0.1, 0.15) is 24.8 Å². The van der Waals surface area contributed by atoms with E-state index < -0.39 is 0 Å². The van der Waals surface area contributed by atoms with Crippen LogP contribution in [-0.2, 0) is 6.42 Å². The first-order chi connectivity index (χ1) is 8.92. The van der Waals surface area contributed by atoms with Crippen LogP contribution in [0.5, 0.6) is 0 Å². The number of hydrogen-bond acceptors (Lipinski definition) is 3. The van der Waals surface area contributed by atoms with Crippen LogP contribution in [0, 0.1) is 5.92 Å². The molecule has 2 aliphatic rings. The number of thioether (sulfide) groups is 1. The van der Waals surface area contributed by atoms with Crippen LogP contribution in [-0.4, -0.2) is 40.5 Å². The molecular weight excluding hydrogens is 240 g/mol. The number of piperidine rings is 1. The van der Waals surface area contributed by atoms with Gasteiger partial charge in [-0.25, -0.2) is 0 Å². The molecule has 98 valence electrons. The monoisotopic (exact) mass is 262 g/mol. The summed E-state index contributed by atoms with van der Waals surface area (Å²) in [5.74, 6) is 3.62. The minimum Gasteiger partial charge on any atom is -0.300 e. The average Bonchev–Trinajstić information content (AvgIpc) is 2.95. The molecule has 0 N–H and O–H groups in total. The average molecular weight is 262 g/mol. The van der Waals surface area contributed by atoms with E-state index in [1.807, 2.05) is 12.4 Å². The van der Waals surface area contributed by atoms with Gasteiger partial charge in [0.1, 0.15) is 0 Å². The standard InChI is InChI=1S/C15H22N2S/c1-2-14(11-16-6-1)10-13-3-7-17(8-4-13)15-5-9-18-12-15/h1-2,6,11,13,15H,3-5,7-10,12H2/t15-/m1/s1. The molecule has 3 heteroatoms. The van der Waals surface area contributed by atoms with Gasteiger partial charge in [0, 0.05) is 24.2 Å². The lowest BCUT2D eigenvalue weighted by Gasteiger charge is -2.35. The molecule has 18 heavy (non-hydrogen) atoms. The summed E-state index contributed by atoms with van der Waals surface area (Å²) in [6.07, 6.45) is 9.27. The van der Waals surface area contributed by atoms with E-state index in [4.69, 9.17) is 0 Å². The summed E-state index contributed by atoms with van der Waals surface area (Å²) in [5, 5.41) is 0. The first-order valence-corrected chi connectivity index (χ1v) is 8.28. The number of pyridine rings is 1. The van der Waals surface area contributed by atoms with Gasteiger partial charge in [-0.05, 0) is 62.1 Å². The number of aromatic nitrogens is 1. The van der Waals surface area contributed by atoms with Gasteiger partial charge in [-0.3, -0.25) is 9.88 Å². The molecule has 0 bridgehead atoms. The normalized spacial score (nSPS) is 26.6. The highest BCUT2D eigenvalue weighted by molar-refractivity contribution is 7.99. The van der Waals surface area contributed by atoms with Crippen molar-refractivity contribution in [3.63, 3.8) is 0 Å². The Morgan fingerprint density at radius 2 is 2.17 bits per heavy atom. The van der Waals surface area contributed by atoms with Crippen molar-refractivity contribution in [2.24, 2.45) is 5.92 Å². The molecule has 0 aliphatic carbocycles. The minimum atomic E-state index is 0.875. The van der Waals surface area contributed by atoms with Crippen molar-refractivity contribution in [1.29, 1.82) is 0 Å². The van der Waals surface area contributed by atoms with Crippen molar-refractivity contribution in [1.82, 2.24) is 9.88 Å². The van der Waals surface area contributed by atoms with Crippen LogP contribution in [0.15, 0.2) is 24.5 Å². The second-order valence-electron chi connectivity index (χ2n) is 5.56. The lowest BCUT2D eigenvalue weighted by Crippen LogP contribution is -2.41. The fourth-order valence-electron chi connectivity index (χ4n) is 3.18. The molecule has 0 unspecified atom stereocenters. The zero-order valence-electron chi connectivity index (χ0n) is 10.9. The molecule has 0 spiro atoms. The fourth-order valence-corrected chi connectivity index (χ4v) is 4.44. The molecule has 2 saturated heterocycles. The summed E-state index contributed by atoms with van der Waals surface area (Å²) < 4.78 is 0. The third-order valence-electron chi connectivity index (χ3n) is 4.32. The van der Waals surface area contributed by atoms with E-state index in [0.717, 1.165) is 12.0 Å². The topological polar surface area (TPSA) is 16.1 Å². The molecule has 1 atom stereocenters. The molecule has 0 amide bonds. The van der Waals surface area contributed by atoms with Gasteiger partial charge in [0.2, 0.25) is 0 Å². The second kappa shape index (κ2) is 6.07. The van der Waals surface area contributed by atoms with Gasteiger partial charge in [-0.1, -0.05) is 6.07 Å². The molecule has 2 aliphatic heterocycles. The van der Waals surface area contributed by atoms with E-state index in [2.05, 4.69) is 33.8 Å². The predicted octanol–water partition coefficient (Wildman–Crippen LogP) is 2.84. The summed E-state index contributed by atoms with van der Waals surface area (Å²) in [6, 6.07) is 5.15. The molecule has 0 saturated carbocycles. The Kier molecular flexibility index (Phi) is 4.21. The van der Waals surface area contributed by atoms with Gasteiger partial charge in [0.05, 0.1) is 0 Å². The van der Waals surface area contributed by atoms with E-state index >= 15 is 0 Å². The van der Waals surface area contributed by atoms with Gasteiger partial charge in [-0.2, -0.15) is 11.8 Å². The van der Waals surface area contributed by atoms with E-state index in [-0.39, 0.29) is 0 Å². The summed E-state index contributed by atoms with van der Waals surface area (Å²) in [7, 11) is 0. The van der Waals surface area contributed by atoms with E-state index in [0.29, 0.717) is 0 Å². The number of nitrogens with zero attached hydrogens (tertiary/aromatic N) is 2. The first kappa shape index (κ1) is 12.5. The van der Waals surface area contributed by atoms with Crippen LogP contribution in [0.2, 0.25) is 0 Å². The van der Waals surface area contributed by atoms with E-state index in [1.54, 1.807) is 0 Å². The van der Waals surface area contributed by atoms with Crippen molar-refractivity contribution >= 4 is 11.8 Å². The molecular formula is C15H22N2S. The molecule has 2 nitrogen and oxygen atoms in total. The largest absolute Gasteiger partial charge is 0.300 e.